The molecule has 0 amide bonds. The fraction of sp³-hybridized carbons (Fsp3) is 0.0208. The highest BCUT2D eigenvalue weighted by Crippen LogP contribution is 2.61. The normalized spacial score (nSPS) is 13.2. The third-order valence-corrected chi connectivity index (χ3v) is 10.8. The molecule has 1 aliphatic carbocycles. The van der Waals surface area contributed by atoms with Gasteiger partial charge in [-0.25, -0.2) is 15.0 Å². The van der Waals surface area contributed by atoms with Crippen LogP contribution in [0, 0.1) is 0 Å². The number of hydrogen-bond donors (Lipinski definition) is 0. The van der Waals surface area contributed by atoms with Crippen molar-refractivity contribution in [3.63, 3.8) is 0 Å². The largest absolute Gasteiger partial charge is 0.294 e. The third-order valence-electron chi connectivity index (χ3n) is 10.8. The van der Waals surface area contributed by atoms with Crippen LogP contribution < -0.4 is 0 Å². The van der Waals surface area contributed by atoms with E-state index < -0.39 is 5.41 Å². The van der Waals surface area contributed by atoms with E-state index in [2.05, 4.69) is 174 Å². The zero-order valence-electron chi connectivity index (χ0n) is 28.1. The molecule has 0 N–H and O–H groups in total. The van der Waals surface area contributed by atoms with Crippen LogP contribution in [0.4, 0.5) is 0 Å². The van der Waals surface area contributed by atoms with Crippen LogP contribution in [0.25, 0.3) is 72.9 Å². The maximum atomic E-state index is 5.46. The van der Waals surface area contributed by atoms with Gasteiger partial charge in [0.1, 0.15) is 11.2 Å². The predicted octanol–water partition coefficient (Wildman–Crippen LogP) is 11.2. The molecule has 0 saturated carbocycles. The maximum absolute atomic E-state index is 5.46. The van der Waals surface area contributed by atoms with Gasteiger partial charge in [0.15, 0.2) is 5.82 Å². The van der Waals surface area contributed by atoms with Gasteiger partial charge in [-0.1, -0.05) is 158 Å². The molecule has 0 radical (unpaired) electrons. The van der Waals surface area contributed by atoms with Crippen molar-refractivity contribution in [1.29, 1.82) is 0 Å². The molecule has 52 heavy (non-hydrogen) atoms. The Morgan fingerprint density at radius 3 is 1.60 bits per heavy atom. The van der Waals surface area contributed by atoms with Crippen molar-refractivity contribution in [3.05, 3.63) is 205 Å². The predicted molar refractivity (Wildman–Crippen MR) is 209 cm³/mol. The molecule has 1 aliphatic heterocycles. The average Bonchev–Trinajstić information content (AvgIpc) is 3.85. The van der Waals surface area contributed by atoms with Crippen LogP contribution >= 0.6 is 0 Å². The van der Waals surface area contributed by atoms with Gasteiger partial charge in [0, 0.05) is 22.3 Å². The van der Waals surface area contributed by atoms with Gasteiger partial charge in [0.05, 0.1) is 28.1 Å². The summed E-state index contributed by atoms with van der Waals surface area (Å²) in [6, 6.07) is 64.5. The lowest BCUT2D eigenvalue weighted by Crippen LogP contribution is -2.27. The van der Waals surface area contributed by atoms with Crippen molar-refractivity contribution in [1.82, 2.24) is 19.5 Å². The minimum absolute atomic E-state index is 0.549. The molecule has 242 valence electrons. The number of para-hydroxylation sites is 3. The molecule has 0 fully saturated rings. The first-order valence-electron chi connectivity index (χ1n) is 17.7. The van der Waals surface area contributed by atoms with E-state index in [9.17, 15) is 0 Å². The van der Waals surface area contributed by atoms with E-state index in [4.69, 9.17) is 15.0 Å². The Bertz CT molecular complexity index is 2750. The van der Waals surface area contributed by atoms with Crippen molar-refractivity contribution in [2.45, 2.75) is 5.41 Å². The molecule has 0 saturated heterocycles. The lowest BCUT2D eigenvalue weighted by Gasteiger charge is -2.27. The third kappa shape index (κ3) is 4.00. The molecule has 0 atom stereocenters. The Labute approximate surface area is 301 Å². The summed E-state index contributed by atoms with van der Waals surface area (Å²) >= 11 is 0. The monoisotopic (exact) mass is 662 g/mol. The molecule has 0 bridgehead atoms. The summed E-state index contributed by atoms with van der Waals surface area (Å²) in [4.78, 5) is 15.8. The summed E-state index contributed by atoms with van der Waals surface area (Å²) in [7, 11) is 0. The summed E-state index contributed by atoms with van der Waals surface area (Å²) in [5.41, 5.74) is 16.2. The fourth-order valence-electron chi connectivity index (χ4n) is 8.63. The van der Waals surface area contributed by atoms with Gasteiger partial charge in [-0.15, -0.1) is 0 Å². The van der Waals surface area contributed by atoms with Gasteiger partial charge >= 0.3 is 0 Å². The van der Waals surface area contributed by atoms with E-state index in [1.54, 1.807) is 0 Å². The Morgan fingerprint density at radius 2 is 0.904 bits per heavy atom. The second-order valence-electron chi connectivity index (χ2n) is 13.6. The molecule has 9 aromatic rings. The van der Waals surface area contributed by atoms with Gasteiger partial charge in [-0.2, -0.15) is 0 Å². The molecule has 3 heterocycles. The molecule has 7 aromatic carbocycles. The smallest absolute Gasteiger partial charge is 0.160 e. The molecule has 11 rings (SSSR count). The summed E-state index contributed by atoms with van der Waals surface area (Å²) in [5, 5.41) is 0. The number of aromatic nitrogens is 4. The second-order valence-corrected chi connectivity index (χ2v) is 13.6. The maximum Gasteiger partial charge on any atom is 0.160 e. The minimum atomic E-state index is -0.549. The van der Waals surface area contributed by atoms with Gasteiger partial charge in [-0.05, 0) is 57.6 Å². The van der Waals surface area contributed by atoms with Crippen molar-refractivity contribution < 1.29 is 0 Å². The minimum Gasteiger partial charge on any atom is -0.294 e. The van der Waals surface area contributed by atoms with Crippen LogP contribution in [-0.4, -0.2) is 19.5 Å². The van der Waals surface area contributed by atoms with Crippen molar-refractivity contribution in [2.75, 3.05) is 0 Å². The van der Waals surface area contributed by atoms with Gasteiger partial charge in [-0.3, -0.25) is 4.57 Å². The number of benzene rings is 7. The van der Waals surface area contributed by atoms with Crippen LogP contribution in [0.2, 0.25) is 0 Å². The molecule has 2 aliphatic rings. The van der Waals surface area contributed by atoms with Crippen molar-refractivity contribution >= 4 is 11.0 Å². The Balaban J connectivity index is 1.16. The van der Waals surface area contributed by atoms with E-state index in [-0.39, 0.29) is 0 Å². The Morgan fingerprint density at radius 1 is 0.385 bits per heavy atom. The average molecular weight is 663 g/mol. The summed E-state index contributed by atoms with van der Waals surface area (Å²) in [5.74, 6) is 1.73. The van der Waals surface area contributed by atoms with Crippen LogP contribution in [0.5, 0.6) is 0 Å². The van der Waals surface area contributed by atoms with E-state index >= 15 is 0 Å². The number of imidazole rings is 1. The number of nitrogens with zero attached hydrogens (tertiary/aromatic N) is 4. The Kier molecular flexibility index (Phi) is 6.13. The summed E-state index contributed by atoms with van der Waals surface area (Å²) in [6.45, 7) is 0. The van der Waals surface area contributed by atoms with Crippen LogP contribution in [0.1, 0.15) is 22.5 Å². The number of hydrogen-bond acceptors (Lipinski definition) is 3. The van der Waals surface area contributed by atoms with E-state index in [1.807, 2.05) is 12.1 Å². The highest BCUT2D eigenvalue weighted by molar-refractivity contribution is 5.95. The first-order chi connectivity index (χ1) is 25.8. The van der Waals surface area contributed by atoms with Gasteiger partial charge in [0.25, 0.3) is 0 Å². The molecule has 4 heteroatoms. The van der Waals surface area contributed by atoms with Crippen LogP contribution in [0.15, 0.2) is 182 Å². The van der Waals surface area contributed by atoms with E-state index in [0.29, 0.717) is 5.82 Å². The standard InChI is InChI=1S/C48H30N4/c1-3-15-31(16-4-1)42-30-43(32-17-5-2-6-18-32)50-46(49-42)34-20-13-19-33(29-34)35-23-14-26-40-45(35)52-44-28-12-11-27-41(44)51-47(52)48(40)38-24-9-7-21-36(38)37-22-8-10-25-39(37)48/h1-30H. The number of fused-ring (bicyclic) bond motifs is 12. The lowest BCUT2D eigenvalue weighted by molar-refractivity contribution is 0.738. The molecule has 4 nitrogen and oxygen atoms in total. The van der Waals surface area contributed by atoms with E-state index in [0.717, 1.165) is 56.1 Å². The topological polar surface area (TPSA) is 43.6 Å². The van der Waals surface area contributed by atoms with Crippen LogP contribution in [-0.2, 0) is 5.41 Å². The number of rotatable bonds is 4. The zero-order chi connectivity index (χ0) is 34.2. The highest BCUT2D eigenvalue weighted by Gasteiger charge is 2.54. The summed E-state index contributed by atoms with van der Waals surface area (Å²) in [6.07, 6.45) is 0. The molecular weight excluding hydrogens is 633 g/mol. The van der Waals surface area contributed by atoms with Crippen molar-refractivity contribution in [3.8, 4) is 61.8 Å². The van der Waals surface area contributed by atoms with Crippen LogP contribution in [0.3, 0.4) is 0 Å². The molecule has 2 aromatic heterocycles. The highest BCUT2D eigenvalue weighted by atomic mass is 15.1. The van der Waals surface area contributed by atoms with Gasteiger partial charge < -0.3 is 0 Å². The lowest BCUT2D eigenvalue weighted by atomic mass is 9.72. The molecule has 1 spiro atoms. The molecular formula is C48H30N4. The summed E-state index contributed by atoms with van der Waals surface area (Å²) < 4.78 is 2.42. The van der Waals surface area contributed by atoms with E-state index in [1.165, 1.54) is 33.5 Å². The first kappa shape index (κ1) is 28.9. The quantitative estimate of drug-likeness (QED) is 0.188. The second kappa shape index (κ2) is 11.0. The zero-order valence-corrected chi connectivity index (χ0v) is 28.1. The fourth-order valence-corrected chi connectivity index (χ4v) is 8.63. The SMILES string of the molecule is c1ccc(-c2cc(-c3ccccc3)nc(-c3cccc(-c4cccc5c4-n4c(nc6ccccc64)C54c5ccccc5-c5ccccc54)c3)n2)cc1. The van der Waals surface area contributed by atoms with Crippen molar-refractivity contribution in [2.24, 2.45) is 0 Å². The Hall–Kier alpha value is -6.91. The molecule has 0 unspecified atom stereocenters. The first-order valence-corrected chi connectivity index (χ1v) is 17.7. The van der Waals surface area contributed by atoms with Gasteiger partial charge in [0.2, 0.25) is 0 Å².